The van der Waals surface area contributed by atoms with Gasteiger partial charge in [-0.2, -0.15) is 0 Å². The zero-order chi connectivity index (χ0) is 10.7. The first kappa shape index (κ1) is 12.0. The van der Waals surface area contributed by atoms with E-state index in [0.717, 1.165) is 0 Å². The highest BCUT2D eigenvalue weighted by atomic mass is 16.6. The van der Waals surface area contributed by atoms with Gasteiger partial charge in [0.2, 0.25) is 0 Å². The van der Waals surface area contributed by atoms with Crippen LogP contribution in [0.2, 0.25) is 0 Å². The second-order valence-electron chi connectivity index (χ2n) is 4.08. The van der Waals surface area contributed by atoms with Crippen molar-refractivity contribution in [1.29, 1.82) is 0 Å². The van der Waals surface area contributed by atoms with Gasteiger partial charge in [0.15, 0.2) is 0 Å². The average molecular weight is 198 g/mol. The fourth-order valence-corrected chi connectivity index (χ4v) is 1.74. The van der Waals surface area contributed by atoms with Crippen molar-refractivity contribution in [2.45, 2.75) is 45.1 Å². The Hall–Kier alpha value is -0.0551. The van der Waals surface area contributed by atoms with Crippen molar-refractivity contribution >= 4 is 7.85 Å². The van der Waals surface area contributed by atoms with E-state index in [9.17, 15) is 0 Å². The van der Waals surface area contributed by atoms with E-state index >= 15 is 0 Å². The minimum absolute atomic E-state index is 0.0178. The van der Waals surface area contributed by atoms with Gasteiger partial charge in [0.1, 0.15) is 7.85 Å². The summed E-state index contributed by atoms with van der Waals surface area (Å²) in [4.78, 5) is 0. The molecule has 1 aliphatic rings. The number of methoxy groups -OCH3 is 1. The average Bonchev–Trinajstić information content (AvgIpc) is 2.38. The Morgan fingerprint density at radius 1 is 1.43 bits per heavy atom. The van der Waals surface area contributed by atoms with E-state index in [0.29, 0.717) is 6.61 Å². The van der Waals surface area contributed by atoms with E-state index in [1.165, 1.54) is 0 Å². The highest BCUT2D eigenvalue weighted by molar-refractivity contribution is 6.11. The molecular formula is C10H19BO3. The Labute approximate surface area is 87.5 Å². The lowest BCUT2D eigenvalue weighted by Gasteiger charge is -2.18. The summed E-state index contributed by atoms with van der Waals surface area (Å²) in [5.74, 6) is 0.286. The van der Waals surface area contributed by atoms with Gasteiger partial charge in [-0.15, -0.1) is 0 Å². The maximum atomic E-state index is 5.77. The molecule has 0 spiro atoms. The van der Waals surface area contributed by atoms with Gasteiger partial charge in [-0.1, -0.05) is 6.92 Å². The Bertz CT molecular complexity index is 175. The number of hydrogen-bond acceptors (Lipinski definition) is 3. The molecule has 0 bridgehead atoms. The molecule has 0 aromatic carbocycles. The third-order valence-corrected chi connectivity index (χ3v) is 2.63. The van der Waals surface area contributed by atoms with Crippen LogP contribution in [0.15, 0.2) is 0 Å². The molecule has 0 aliphatic carbocycles. The van der Waals surface area contributed by atoms with Crippen molar-refractivity contribution < 1.29 is 14.2 Å². The Morgan fingerprint density at radius 3 is 2.50 bits per heavy atom. The van der Waals surface area contributed by atoms with Crippen molar-refractivity contribution in [3.8, 4) is 0 Å². The largest absolute Gasteiger partial charge is 0.379 e. The molecule has 1 rings (SSSR count). The zero-order valence-electron chi connectivity index (χ0n) is 9.40. The van der Waals surface area contributed by atoms with Gasteiger partial charge in [0.05, 0.1) is 24.9 Å². The van der Waals surface area contributed by atoms with Crippen molar-refractivity contribution in [3.05, 3.63) is 0 Å². The van der Waals surface area contributed by atoms with Crippen LogP contribution in [0.4, 0.5) is 0 Å². The van der Waals surface area contributed by atoms with E-state index < -0.39 is 0 Å². The molecule has 0 saturated carbocycles. The normalized spacial score (nSPS) is 38.1. The lowest BCUT2D eigenvalue weighted by atomic mass is 9.89. The predicted molar refractivity (Wildman–Crippen MR) is 55.5 cm³/mol. The third-order valence-electron chi connectivity index (χ3n) is 2.63. The van der Waals surface area contributed by atoms with E-state index in [1.807, 2.05) is 13.8 Å². The minimum atomic E-state index is -0.323. The highest BCUT2D eigenvalue weighted by Gasteiger charge is 2.39. The molecule has 0 aromatic heterocycles. The summed E-state index contributed by atoms with van der Waals surface area (Å²) in [6.07, 6.45) is 0.261. The van der Waals surface area contributed by atoms with Gasteiger partial charge in [-0.25, -0.2) is 0 Å². The van der Waals surface area contributed by atoms with Crippen LogP contribution in [-0.4, -0.2) is 45.9 Å². The number of ether oxygens (including phenoxy) is 3. The maximum absolute atomic E-state index is 5.77. The summed E-state index contributed by atoms with van der Waals surface area (Å²) in [5.41, 5.74) is 0. The molecule has 1 aliphatic heterocycles. The summed E-state index contributed by atoms with van der Waals surface area (Å²) in [6, 6.07) is -0.323. The van der Waals surface area contributed by atoms with Crippen LogP contribution in [0.5, 0.6) is 0 Å². The van der Waals surface area contributed by atoms with Crippen LogP contribution in [0, 0.1) is 5.92 Å². The number of rotatable bonds is 4. The summed E-state index contributed by atoms with van der Waals surface area (Å²) in [7, 11) is 7.44. The van der Waals surface area contributed by atoms with Crippen LogP contribution in [0.3, 0.4) is 0 Å². The van der Waals surface area contributed by atoms with Gasteiger partial charge in [-0.3, -0.25) is 0 Å². The molecule has 14 heavy (non-hydrogen) atoms. The molecule has 0 aromatic rings. The van der Waals surface area contributed by atoms with E-state index in [1.54, 1.807) is 7.11 Å². The van der Waals surface area contributed by atoms with Crippen LogP contribution in [0.25, 0.3) is 0 Å². The monoisotopic (exact) mass is 198 g/mol. The molecule has 1 saturated heterocycles. The molecule has 0 N–H and O–H groups in total. The topological polar surface area (TPSA) is 27.7 Å². The summed E-state index contributed by atoms with van der Waals surface area (Å²) in [6.45, 7) is 6.68. The standard InChI is InChI=1S/C10H19BO3/c1-6(2)13-5-8-7(3)9(12-4)10(11)14-8/h6-10H,5H2,1-4H3. The first-order valence-corrected chi connectivity index (χ1v) is 5.11. The number of hydrogen-bond donors (Lipinski definition) is 0. The quantitative estimate of drug-likeness (QED) is 0.629. The minimum Gasteiger partial charge on any atom is -0.379 e. The summed E-state index contributed by atoms with van der Waals surface area (Å²) >= 11 is 0. The lowest BCUT2D eigenvalue weighted by Crippen LogP contribution is -2.29. The third kappa shape index (κ3) is 2.72. The summed E-state index contributed by atoms with van der Waals surface area (Å²) < 4.78 is 16.3. The zero-order valence-corrected chi connectivity index (χ0v) is 9.40. The smallest absolute Gasteiger partial charge is 0.112 e. The Morgan fingerprint density at radius 2 is 2.07 bits per heavy atom. The van der Waals surface area contributed by atoms with Gasteiger partial charge in [0, 0.05) is 19.0 Å². The first-order chi connectivity index (χ1) is 6.56. The fraction of sp³-hybridized carbons (Fsp3) is 1.00. The first-order valence-electron chi connectivity index (χ1n) is 5.11. The molecule has 4 heteroatoms. The van der Waals surface area contributed by atoms with Gasteiger partial charge >= 0.3 is 0 Å². The molecular weight excluding hydrogens is 179 g/mol. The van der Waals surface area contributed by atoms with Crippen LogP contribution in [0.1, 0.15) is 20.8 Å². The summed E-state index contributed by atoms with van der Waals surface area (Å²) in [5, 5.41) is 0. The highest BCUT2D eigenvalue weighted by Crippen LogP contribution is 2.27. The molecule has 80 valence electrons. The second-order valence-corrected chi connectivity index (χ2v) is 4.08. The van der Waals surface area contributed by atoms with Crippen molar-refractivity contribution in [1.82, 2.24) is 0 Å². The van der Waals surface area contributed by atoms with Crippen molar-refractivity contribution in [2.75, 3.05) is 13.7 Å². The Balaban J connectivity index is 2.41. The van der Waals surface area contributed by atoms with Crippen LogP contribution < -0.4 is 0 Å². The van der Waals surface area contributed by atoms with Crippen molar-refractivity contribution in [3.63, 3.8) is 0 Å². The SMILES string of the molecule is [B]C1OC(COC(C)C)C(C)C1OC. The Kier molecular flexibility index (Phi) is 4.42. The molecule has 3 nitrogen and oxygen atoms in total. The van der Waals surface area contributed by atoms with Gasteiger partial charge in [0.25, 0.3) is 0 Å². The molecule has 0 amide bonds. The predicted octanol–water partition coefficient (Wildman–Crippen LogP) is 0.956. The van der Waals surface area contributed by atoms with Crippen LogP contribution >= 0.6 is 0 Å². The second kappa shape index (κ2) is 5.15. The van der Waals surface area contributed by atoms with E-state index in [-0.39, 0.29) is 30.2 Å². The molecule has 4 atom stereocenters. The van der Waals surface area contributed by atoms with Crippen LogP contribution in [-0.2, 0) is 14.2 Å². The maximum Gasteiger partial charge on any atom is 0.112 e. The van der Waals surface area contributed by atoms with Gasteiger partial charge < -0.3 is 14.2 Å². The van der Waals surface area contributed by atoms with Gasteiger partial charge in [-0.05, 0) is 13.8 Å². The molecule has 4 unspecified atom stereocenters. The van der Waals surface area contributed by atoms with E-state index in [4.69, 9.17) is 22.1 Å². The molecule has 1 fully saturated rings. The lowest BCUT2D eigenvalue weighted by molar-refractivity contribution is -0.0265. The molecule has 2 radical (unpaired) electrons. The van der Waals surface area contributed by atoms with Crippen molar-refractivity contribution in [2.24, 2.45) is 5.92 Å². The van der Waals surface area contributed by atoms with E-state index in [2.05, 4.69) is 6.92 Å². The molecule has 1 heterocycles. The fourth-order valence-electron chi connectivity index (χ4n) is 1.74.